The van der Waals surface area contributed by atoms with Crippen LogP contribution in [0.1, 0.15) is 35.7 Å². The molecule has 0 aliphatic rings. The summed E-state index contributed by atoms with van der Waals surface area (Å²) in [6.07, 6.45) is 1.50. The van der Waals surface area contributed by atoms with Gasteiger partial charge in [-0.25, -0.2) is 9.59 Å². The summed E-state index contributed by atoms with van der Waals surface area (Å²) in [5.74, 6) is -0.971. The average Bonchev–Trinajstić information content (AvgIpc) is 2.79. The van der Waals surface area contributed by atoms with Crippen molar-refractivity contribution < 1.29 is 26.9 Å². The molecule has 34 heavy (non-hydrogen) atoms. The van der Waals surface area contributed by atoms with Gasteiger partial charge in [0.1, 0.15) is 10.5 Å². The van der Waals surface area contributed by atoms with E-state index in [9.17, 15) is 18.0 Å². The molecule has 3 aromatic carbocycles. The fourth-order valence-electron chi connectivity index (χ4n) is 2.99. The Balaban J connectivity index is 1.86. The number of anilines is 2. The number of aryl methyl sites for hydroxylation is 1. The second-order valence-electron chi connectivity index (χ2n) is 7.50. The lowest BCUT2D eigenvalue weighted by molar-refractivity contribution is 0.0498. The smallest absolute Gasteiger partial charge is 0.341 e. The summed E-state index contributed by atoms with van der Waals surface area (Å²) in [6.45, 7) is 4.05. The number of nitrogens with one attached hydrogen (secondary N) is 2. The van der Waals surface area contributed by atoms with Crippen LogP contribution < -0.4 is 14.8 Å². The van der Waals surface area contributed by atoms with E-state index in [1.165, 1.54) is 30.3 Å². The zero-order valence-corrected chi connectivity index (χ0v) is 19.7. The van der Waals surface area contributed by atoms with Crippen molar-refractivity contribution in [2.24, 2.45) is 0 Å². The molecule has 0 unspecified atom stereocenters. The monoisotopic (exact) mass is 482 g/mol. The molecule has 0 aliphatic heterocycles. The van der Waals surface area contributed by atoms with Gasteiger partial charge < -0.3 is 19.6 Å². The van der Waals surface area contributed by atoms with Crippen LogP contribution in [0, 0.1) is 6.92 Å². The van der Waals surface area contributed by atoms with E-state index in [1.54, 1.807) is 30.3 Å². The largest absolute Gasteiger partial charge is 0.462 e. The third-order valence-corrected chi connectivity index (χ3v) is 5.95. The molecule has 0 heterocycles. The maximum atomic E-state index is 12.8. The summed E-state index contributed by atoms with van der Waals surface area (Å²) in [6, 6.07) is 18.4. The van der Waals surface area contributed by atoms with Crippen LogP contribution in [-0.2, 0) is 14.9 Å². The van der Waals surface area contributed by atoms with E-state index in [2.05, 4.69) is 10.6 Å². The number of amides is 2. The number of hydrogen-bond donors (Lipinski definition) is 2. The minimum Gasteiger partial charge on any atom is -0.462 e. The highest BCUT2D eigenvalue weighted by Gasteiger charge is 2.23. The molecule has 178 valence electrons. The number of hydrogen-bond acceptors (Lipinski definition) is 6. The maximum Gasteiger partial charge on any atom is 0.341 e. The van der Waals surface area contributed by atoms with Crippen molar-refractivity contribution in [3.8, 4) is 5.75 Å². The van der Waals surface area contributed by atoms with E-state index < -0.39 is 22.1 Å². The van der Waals surface area contributed by atoms with E-state index in [4.69, 9.17) is 8.92 Å². The minimum absolute atomic E-state index is 0.0692. The number of carbonyl (C=O) groups is 2. The molecule has 2 N–H and O–H groups in total. The van der Waals surface area contributed by atoms with Gasteiger partial charge in [0.25, 0.3) is 0 Å². The topological polar surface area (TPSA) is 111 Å². The molecule has 0 saturated carbocycles. The van der Waals surface area contributed by atoms with Crippen LogP contribution in [0.3, 0.4) is 0 Å². The Morgan fingerprint density at radius 3 is 2.26 bits per heavy atom. The molecule has 0 atom stereocenters. The van der Waals surface area contributed by atoms with Gasteiger partial charge in [0.05, 0.1) is 6.61 Å². The molecular weight excluding hydrogens is 456 g/mol. The number of benzene rings is 3. The Kier molecular flexibility index (Phi) is 8.26. The van der Waals surface area contributed by atoms with Crippen molar-refractivity contribution in [2.75, 3.05) is 17.2 Å². The quantitative estimate of drug-likeness (QED) is 0.241. The van der Waals surface area contributed by atoms with Crippen LogP contribution in [0.15, 0.2) is 77.7 Å². The maximum absolute atomic E-state index is 12.8. The summed E-state index contributed by atoms with van der Waals surface area (Å²) in [4.78, 5) is 24.9. The molecule has 8 nitrogen and oxygen atoms in total. The van der Waals surface area contributed by atoms with Crippen LogP contribution >= 0.6 is 0 Å². The van der Waals surface area contributed by atoms with Gasteiger partial charge in [0.2, 0.25) is 0 Å². The molecule has 0 saturated heterocycles. The third-order valence-electron chi connectivity index (χ3n) is 4.70. The number of rotatable bonds is 9. The lowest BCUT2D eigenvalue weighted by Gasteiger charge is -2.14. The van der Waals surface area contributed by atoms with Crippen LogP contribution in [0.25, 0.3) is 0 Å². The lowest BCUT2D eigenvalue weighted by atomic mass is 10.2. The standard InChI is InChI=1S/C25H26N2O6S/c1-3-4-15-32-24(28)22-14-13-20(27-25(29)26-19-10-8-9-18(2)16-19)17-23(22)33-34(30,31)21-11-6-5-7-12-21/h5-14,16-17H,3-4,15H2,1-2H3,(H2,26,27,29). The first-order valence-electron chi connectivity index (χ1n) is 10.7. The average molecular weight is 483 g/mol. The number of carbonyl (C=O) groups excluding carboxylic acids is 2. The summed E-state index contributed by atoms with van der Waals surface area (Å²) in [5.41, 5.74) is 1.73. The third kappa shape index (κ3) is 6.82. The Labute approximate surface area is 199 Å². The molecule has 0 radical (unpaired) electrons. The van der Waals surface area contributed by atoms with Crippen molar-refractivity contribution in [3.63, 3.8) is 0 Å². The van der Waals surface area contributed by atoms with Gasteiger partial charge in [-0.2, -0.15) is 8.42 Å². The molecule has 3 rings (SSSR count). The summed E-state index contributed by atoms with van der Waals surface area (Å²) < 4.78 is 36.1. The van der Waals surface area contributed by atoms with Crippen LogP contribution in [-0.4, -0.2) is 27.0 Å². The fraction of sp³-hybridized carbons (Fsp3) is 0.200. The minimum atomic E-state index is -4.23. The second kappa shape index (κ2) is 11.3. The Morgan fingerprint density at radius 2 is 1.59 bits per heavy atom. The second-order valence-corrected chi connectivity index (χ2v) is 9.05. The molecule has 2 amide bonds. The number of urea groups is 1. The molecule has 0 fully saturated rings. The van der Waals surface area contributed by atoms with E-state index in [1.807, 2.05) is 26.0 Å². The molecule has 0 aromatic heterocycles. The van der Waals surface area contributed by atoms with Crippen LogP contribution in [0.4, 0.5) is 16.2 Å². The highest BCUT2D eigenvalue weighted by Crippen LogP contribution is 2.28. The zero-order chi connectivity index (χ0) is 24.6. The van der Waals surface area contributed by atoms with Gasteiger partial charge in [0, 0.05) is 17.4 Å². The Hall–Kier alpha value is -3.85. The van der Waals surface area contributed by atoms with Gasteiger partial charge in [-0.15, -0.1) is 0 Å². The van der Waals surface area contributed by atoms with E-state index >= 15 is 0 Å². The van der Waals surface area contributed by atoms with E-state index in [0.29, 0.717) is 12.1 Å². The number of esters is 1. The molecule has 0 aliphatic carbocycles. The van der Waals surface area contributed by atoms with Gasteiger partial charge in [-0.1, -0.05) is 43.7 Å². The first kappa shape index (κ1) is 24.8. The van der Waals surface area contributed by atoms with Crippen molar-refractivity contribution in [1.82, 2.24) is 0 Å². The fourth-order valence-corrected chi connectivity index (χ4v) is 3.96. The zero-order valence-electron chi connectivity index (χ0n) is 18.9. The molecule has 0 bridgehead atoms. The predicted octanol–water partition coefficient (Wildman–Crippen LogP) is 5.36. The summed E-state index contributed by atoms with van der Waals surface area (Å²) in [7, 11) is -4.23. The molecular formula is C25H26N2O6S. The highest BCUT2D eigenvalue weighted by atomic mass is 32.2. The molecule has 9 heteroatoms. The number of unbranched alkanes of at least 4 members (excludes halogenated alkanes) is 1. The van der Waals surface area contributed by atoms with Crippen molar-refractivity contribution in [1.29, 1.82) is 0 Å². The van der Waals surface area contributed by atoms with E-state index in [0.717, 1.165) is 12.0 Å². The lowest BCUT2D eigenvalue weighted by Crippen LogP contribution is -2.20. The number of ether oxygens (including phenoxy) is 1. The van der Waals surface area contributed by atoms with Crippen molar-refractivity contribution >= 4 is 33.5 Å². The first-order chi connectivity index (χ1) is 16.3. The first-order valence-corrected chi connectivity index (χ1v) is 12.1. The van der Waals surface area contributed by atoms with Gasteiger partial charge in [0.15, 0.2) is 5.75 Å². The van der Waals surface area contributed by atoms with Crippen LogP contribution in [0.5, 0.6) is 5.75 Å². The summed E-state index contributed by atoms with van der Waals surface area (Å²) in [5, 5.41) is 5.31. The Morgan fingerprint density at radius 1 is 0.882 bits per heavy atom. The SMILES string of the molecule is CCCCOC(=O)c1ccc(NC(=O)Nc2cccc(C)c2)cc1OS(=O)(=O)c1ccccc1. The van der Waals surface area contributed by atoms with Crippen molar-refractivity contribution in [2.45, 2.75) is 31.6 Å². The van der Waals surface area contributed by atoms with Crippen LogP contribution in [0.2, 0.25) is 0 Å². The van der Waals surface area contributed by atoms with E-state index in [-0.39, 0.29) is 28.5 Å². The van der Waals surface area contributed by atoms with Gasteiger partial charge in [-0.3, -0.25) is 0 Å². The Bertz CT molecular complexity index is 1260. The van der Waals surface area contributed by atoms with Gasteiger partial charge >= 0.3 is 22.1 Å². The van der Waals surface area contributed by atoms with Crippen molar-refractivity contribution in [3.05, 3.63) is 83.9 Å². The summed E-state index contributed by atoms with van der Waals surface area (Å²) >= 11 is 0. The predicted molar refractivity (Wildman–Crippen MR) is 130 cm³/mol. The normalized spacial score (nSPS) is 10.9. The van der Waals surface area contributed by atoms with Gasteiger partial charge in [-0.05, 0) is 55.3 Å². The molecule has 3 aromatic rings. The molecule has 0 spiro atoms. The highest BCUT2D eigenvalue weighted by molar-refractivity contribution is 7.87.